The van der Waals surface area contributed by atoms with Crippen LogP contribution >= 0.6 is 0 Å². The minimum Gasteiger partial charge on any atom is -0.351 e. The van der Waals surface area contributed by atoms with Crippen molar-refractivity contribution in [3.8, 4) is 0 Å². The number of piperazine rings is 1. The number of likely N-dealkylation sites (N-methyl/N-ethyl adjacent to an activating group) is 1. The largest absolute Gasteiger partial charge is 0.351 e. The second kappa shape index (κ2) is 13.7. The van der Waals surface area contributed by atoms with Crippen molar-refractivity contribution in [2.45, 2.75) is 83.3 Å². The van der Waals surface area contributed by atoms with Crippen LogP contribution in [0.15, 0.2) is 24.3 Å². The zero-order valence-corrected chi connectivity index (χ0v) is 22.3. The minimum atomic E-state index is -0.607. The Labute approximate surface area is 216 Å². The molecule has 3 atom stereocenters. The molecule has 200 valence electrons. The number of nitrogens with two attached hydrogens (primary N) is 1. The van der Waals surface area contributed by atoms with Crippen LogP contribution in [-0.4, -0.2) is 72.8 Å². The van der Waals surface area contributed by atoms with Crippen LogP contribution in [0.2, 0.25) is 0 Å². The van der Waals surface area contributed by atoms with E-state index in [0.29, 0.717) is 26.1 Å². The third kappa shape index (κ3) is 7.77. The molecule has 36 heavy (non-hydrogen) atoms. The predicted molar refractivity (Wildman–Crippen MR) is 142 cm³/mol. The third-order valence-corrected chi connectivity index (χ3v) is 7.90. The molecular formula is C28H45N5O3. The lowest BCUT2D eigenvalue weighted by atomic mass is 9.91. The summed E-state index contributed by atoms with van der Waals surface area (Å²) in [5.74, 6) is -0.150. The van der Waals surface area contributed by atoms with E-state index in [1.54, 1.807) is 6.92 Å². The summed E-state index contributed by atoms with van der Waals surface area (Å²) in [5, 5.41) is 5.96. The van der Waals surface area contributed by atoms with Gasteiger partial charge < -0.3 is 26.2 Å². The Morgan fingerprint density at radius 1 is 1.00 bits per heavy atom. The Morgan fingerprint density at radius 3 is 2.19 bits per heavy atom. The molecule has 3 rings (SSSR count). The summed E-state index contributed by atoms with van der Waals surface area (Å²) < 4.78 is 0. The quantitative estimate of drug-likeness (QED) is 0.452. The molecule has 0 aromatic heterocycles. The van der Waals surface area contributed by atoms with E-state index >= 15 is 0 Å². The number of carbonyl (C=O) groups excluding carboxylic acids is 3. The zero-order chi connectivity index (χ0) is 26.1. The van der Waals surface area contributed by atoms with Crippen LogP contribution in [0.4, 0.5) is 0 Å². The van der Waals surface area contributed by atoms with Gasteiger partial charge in [-0.2, -0.15) is 0 Å². The maximum atomic E-state index is 13.4. The van der Waals surface area contributed by atoms with Crippen molar-refractivity contribution < 1.29 is 14.4 Å². The Balaban J connectivity index is 1.60. The van der Waals surface area contributed by atoms with Crippen LogP contribution in [-0.2, 0) is 20.9 Å². The molecule has 8 nitrogen and oxygen atoms in total. The highest BCUT2D eigenvalue weighted by molar-refractivity contribution is 5.88. The van der Waals surface area contributed by atoms with Gasteiger partial charge in [0, 0.05) is 45.1 Å². The van der Waals surface area contributed by atoms with Crippen molar-refractivity contribution in [3.63, 3.8) is 0 Å². The third-order valence-electron chi connectivity index (χ3n) is 7.90. The average molecular weight is 500 g/mol. The van der Waals surface area contributed by atoms with E-state index in [1.807, 2.05) is 36.1 Å². The average Bonchev–Trinajstić information content (AvgIpc) is 3.19. The van der Waals surface area contributed by atoms with Crippen molar-refractivity contribution in [1.82, 2.24) is 20.4 Å². The van der Waals surface area contributed by atoms with E-state index in [4.69, 9.17) is 5.73 Å². The molecule has 1 aromatic rings. The first kappa shape index (κ1) is 28.1. The molecule has 0 unspecified atom stereocenters. The first-order chi connectivity index (χ1) is 17.3. The number of nitrogens with one attached hydrogen (secondary N) is 2. The van der Waals surface area contributed by atoms with E-state index in [9.17, 15) is 14.4 Å². The zero-order valence-electron chi connectivity index (χ0n) is 22.3. The number of carbonyl (C=O) groups is 3. The van der Waals surface area contributed by atoms with Crippen LogP contribution in [0.1, 0.15) is 75.8 Å². The van der Waals surface area contributed by atoms with Crippen molar-refractivity contribution in [2.24, 2.45) is 11.7 Å². The van der Waals surface area contributed by atoms with Crippen molar-refractivity contribution >= 4 is 17.7 Å². The molecule has 3 amide bonds. The summed E-state index contributed by atoms with van der Waals surface area (Å²) in [4.78, 5) is 42.3. The Hall–Kier alpha value is -2.45. The molecule has 4 N–H and O–H groups in total. The van der Waals surface area contributed by atoms with Gasteiger partial charge in [0.1, 0.15) is 6.04 Å². The van der Waals surface area contributed by atoms with Crippen LogP contribution in [0, 0.1) is 5.92 Å². The summed E-state index contributed by atoms with van der Waals surface area (Å²) in [6.45, 7) is 7.20. The van der Waals surface area contributed by atoms with Gasteiger partial charge in [0.05, 0.1) is 6.04 Å². The molecule has 0 spiro atoms. The van der Waals surface area contributed by atoms with Gasteiger partial charge in [-0.3, -0.25) is 14.4 Å². The molecule has 1 saturated carbocycles. The van der Waals surface area contributed by atoms with E-state index < -0.39 is 12.1 Å². The summed E-state index contributed by atoms with van der Waals surface area (Å²) >= 11 is 0. The molecule has 0 radical (unpaired) electrons. The molecule has 1 aliphatic carbocycles. The maximum Gasteiger partial charge on any atom is 0.245 e. The number of benzene rings is 1. The molecule has 2 fully saturated rings. The van der Waals surface area contributed by atoms with Gasteiger partial charge in [0.15, 0.2) is 0 Å². The molecule has 2 aliphatic rings. The lowest BCUT2D eigenvalue weighted by molar-refractivity contribution is -0.138. The second-order valence-corrected chi connectivity index (χ2v) is 10.6. The Kier molecular flexibility index (Phi) is 10.7. The summed E-state index contributed by atoms with van der Waals surface area (Å²) in [5.41, 5.74) is 8.24. The lowest BCUT2D eigenvalue weighted by Gasteiger charge is -2.36. The molecule has 1 saturated heterocycles. The van der Waals surface area contributed by atoms with Gasteiger partial charge in [-0.15, -0.1) is 0 Å². The van der Waals surface area contributed by atoms with Crippen molar-refractivity contribution in [2.75, 3.05) is 33.2 Å². The van der Waals surface area contributed by atoms with Gasteiger partial charge in [0.25, 0.3) is 0 Å². The van der Waals surface area contributed by atoms with E-state index in [0.717, 1.165) is 49.9 Å². The normalized spacial score (nSPS) is 20.2. The SMILES string of the molecule is CCC(=O)N[C@@H](C(=O)N1CCN(C)CC1)[C@@H](C)c1ccc(CNC(=O)[C@@H](N)C2CCCCCC2)cc1. The molecule has 1 aliphatic heterocycles. The van der Waals surface area contributed by atoms with Crippen LogP contribution in [0.3, 0.4) is 0 Å². The molecular weight excluding hydrogens is 454 g/mol. The lowest BCUT2D eigenvalue weighted by Crippen LogP contribution is -2.55. The van der Waals surface area contributed by atoms with Crippen LogP contribution in [0.5, 0.6) is 0 Å². The van der Waals surface area contributed by atoms with Crippen molar-refractivity contribution in [1.29, 1.82) is 0 Å². The Morgan fingerprint density at radius 2 is 1.61 bits per heavy atom. The maximum absolute atomic E-state index is 13.4. The van der Waals surface area contributed by atoms with Gasteiger partial charge >= 0.3 is 0 Å². The molecule has 8 heteroatoms. The van der Waals surface area contributed by atoms with E-state index in [-0.39, 0.29) is 29.6 Å². The monoisotopic (exact) mass is 499 g/mol. The van der Waals surface area contributed by atoms with Gasteiger partial charge in [0.2, 0.25) is 17.7 Å². The van der Waals surface area contributed by atoms with Gasteiger partial charge in [-0.1, -0.05) is 63.8 Å². The smallest absolute Gasteiger partial charge is 0.245 e. The fourth-order valence-corrected chi connectivity index (χ4v) is 5.22. The predicted octanol–water partition coefficient (Wildman–Crippen LogP) is 2.37. The highest BCUT2D eigenvalue weighted by Crippen LogP contribution is 2.25. The highest BCUT2D eigenvalue weighted by Gasteiger charge is 2.32. The van der Waals surface area contributed by atoms with Gasteiger partial charge in [-0.05, 0) is 36.9 Å². The number of hydrogen-bond acceptors (Lipinski definition) is 5. The number of hydrogen-bond donors (Lipinski definition) is 3. The summed E-state index contributed by atoms with van der Waals surface area (Å²) in [6, 6.07) is 6.86. The topological polar surface area (TPSA) is 108 Å². The first-order valence-corrected chi connectivity index (χ1v) is 13.7. The number of amides is 3. The molecule has 1 aromatic carbocycles. The Bertz CT molecular complexity index is 858. The van der Waals surface area contributed by atoms with Gasteiger partial charge in [-0.25, -0.2) is 0 Å². The molecule has 1 heterocycles. The van der Waals surface area contributed by atoms with E-state index in [2.05, 4.69) is 22.6 Å². The molecule has 0 bridgehead atoms. The number of nitrogens with zero attached hydrogens (tertiary/aromatic N) is 2. The fourth-order valence-electron chi connectivity index (χ4n) is 5.22. The second-order valence-electron chi connectivity index (χ2n) is 10.6. The fraction of sp³-hybridized carbons (Fsp3) is 0.679. The first-order valence-electron chi connectivity index (χ1n) is 13.7. The minimum absolute atomic E-state index is 0.0266. The van der Waals surface area contributed by atoms with Crippen molar-refractivity contribution in [3.05, 3.63) is 35.4 Å². The van der Waals surface area contributed by atoms with Crippen LogP contribution < -0.4 is 16.4 Å². The summed E-state index contributed by atoms with van der Waals surface area (Å²) in [7, 11) is 2.05. The highest BCUT2D eigenvalue weighted by atomic mass is 16.2. The number of rotatable bonds is 9. The summed E-state index contributed by atoms with van der Waals surface area (Å²) in [6.07, 6.45) is 7.18. The standard InChI is InChI=1S/C28H45N5O3/c1-4-24(34)31-26(28(36)33-17-15-32(3)16-18-33)20(2)22-13-11-21(12-14-22)19-30-27(35)25(29)23-9-7-5-6-8-10-23/h11-14,20,23,25-26H,4-10,15-19,29H2,1-3H3,(H,30,35)(H,31,34)/t20-,25-,26+/m0/s1. The van der Waals surface area contributed by atoms with E-state index in [1.165, 1.54) is 12.8 Å². The van der Waals surface area contributed by atoms with Crippen LogP contribution in [0.25, 0.3) is 0 Å².